The highest BCUT2D eigenvalue weighted by molar-refractivity contribution is 5.90. The van der Waals surface area contributed by atoms with Gasteiger partial charge in [0.1, 0.15) is 5.71 Å². The van der Waals surface area contributed by atoms with Crippen LogP contribution in [0.15, 0.2) is 0 Å². The van der Waals surface area contributed by atoms with Gasteiger partial charge in [-0.05, 0) is 85.9 Å². The van der Waals surface area contributed by atoms with E-state index in [1.807, 2.05) is 13.8 Å². The molecule has 3 fully saturated rings. The van der Waals surface area contributed by atoms with Crippen molar-refractivity contribution in [1.82, 2.24) is 0 Å². The zero-order valence-corrected chi connectivity index (χ0v) is 17.7. The van der Waals surface area contributed by atoms with Crippen LogP contribution >= 0.6 is 0 Å². The number of aliphatic hydroxyl groups is 1. The van der Waals surface area contributed by atoms with Crippen LogP contribution in [0.3, 0.4) is 0 Å². The molecule has 0 aliphatic heterocycles. The predicted octanol–water partition coefficient (Wildman–Crippen LogP) is 6.77. The number of halogens is 6. The smallest absolute Gasteiger partial charge is 0.396 e. The molecule has 0 aromatic rings. The normalized spacial score (nSPS) is 42.0. The molecule has 8 heteroatoms. The minimum absolute atomic E-state index is 0.0178. The van der Waals surface area contributed by atoms with Gasteiger partial charge in [0.15, 0.2) is 0 Å². The fraction of sp³-hybridized carbons (Fsp3) is 0.955. The monoisotopic (exact) mass is 441 g/mol. The van der Waals surface area contributed by atoms with Gasteiger partial charge in [-0.3, -0.25) is 0 Å². The largest absolute Gasteiger partial charge is 0.429 e. The first-order chi connectivity index (χ1) is 13.7. The number of fused-ring (bicyclic) bond motifs is 3. The van der Waals surface area contributed by atoms with E-state index in [-0.39, 0.29) is 24.4 Å². The first kappa shape index (κ1) is 23.9. The summed E-state index contributed by atoms with van der Waals surface area (Å²) >= 11 is 0. The zero-order chi connectivity index (χ0) is 22.5. The number of nitrogens with one attached hydrogen (secondary N) is 1. The summed E-state index contributed by atoms with van der Waals surface area (Å²) in [5, 5.41) is 17.1. The number of alkyl halides is 6. The molecule has 7 atom stereocenters. The lowest BCUT2D eigenvalue weighted by molar-refractivity contribution is -0.177. The van der Waals surface area contributed by atoms with Crippen LogP contribution in [0.2, 0.25) is 0 Å². The highest BCUT2D eigenvalue weighted by Gasteiger charge is 2.62. The molecule has 2 nitrogen and oxygen atoms in total. The van der Waals surface area contributed by atoms with Gasteiger partial charge < -0.3 is 10.5 Å². The van der Waals surface area contributed by atoms with E-state index in [1.165, 1.54) is 0 Å². The Morgan fingerprint density at radius 3 is 2.20 bits per heavy atom. The second-order valence-electron chi connectivity index (χ2n) is 10.4. The van der Waals surface area contributed by atoms with Crippen LogP contribution in [0.4, 0.5) is 26.3 Å². The molecule has 3 rings (SSSR count). The van der Waals surface area contributed by atoms with E-state index in [1.54, 1.807) is 0 Å². The standard InChI is InChI=1S/C22H33F6NO/c1-19(9-3-11-30)13(12-21(23,24)25)4-5-14-15-6-7-17(18(29)22(26,27)28)20(15,2)10-8-16(14)19/h13-17,29-30H,3-12H2,1-2H3. The molecule has 2 N–H and O–H groups in total. The first-order valence-electron chi connectivity index (χ1n) is 11.1. The van der Waals surface area contributed by atoms with Gasteiger partial charge in [-0.2, -0.15) is 26.3 Å². The molecule has 3 aliphatic rings. The Bertz CT molecular complexity index is 647. The summed E-state index contributed by atoms with van der Waals surface area (Å²) in [6.45, 7) is 3.72. The maximum Gasteiger partial charge on any atom is 0.429 e. The van der Waals surface area contributed by atoms with Gasteiger partial charge in [0.2, 0.25) is 0 Å². The molecule has 0 radical (unpaired) electrons. The topological polar surface area (TPSA) is 44.1 Å². The molecule has 3 aliphatic carbocycles. The summed E-state index contributed by atoms with van der Waals surface area (Å²) in [7, 11) is 0. The van der Waals surface area contributed by atoms with Gasteiger partial charge in [-0.25, -0.2) is 0 Å². The van der Waals surface area contributed by atoms with E-state index < -0.39 is 47.2 Å². The second-order valence-corrected chi connectivity index (χ2v) is 10.4. The molecule has 0 spiro atoms. The summed E-state index contributed by atoms with van der Waals surface area (Å²) in [5.41, 5.74) is -2.32. The second kappa shape index (κ2) is 7.96. The Morgan fingerprint density at radius 1 is 0.967 bits per heavy atom. The van der Waals surface area contributed by atoms with Crippen LogP contribution in [0.5, 0.6) is 0 Å². The number of hydrogen-bond donors (Lipinski definition) is 2. The van der Waals surface area contributed by atoms with Crippen LogP contribution in [-0.2, 0) is 0 Å². The van der Waals surface area contributed by atoms with Crippen molar-refractivity contribution in [3.8, 4) is 0 Å². The van der Waals surface area contributed by atoms with Crippen LogP contribution in [0, 0.1) is 45.8 Å². The van der Waals surface area contributed by atoms with Crippen LogP contribution in [0.1, 0.15) is 71.6 Å². The van der Waals surface area contributed by atoms with E-state index in [2.05, 4.69) is 0 Å². The fourth-order valence-electron chi connectivity index (χ4n) is 7.67. The molecular weight excluding hydrogens is 408 g/mol. The van der Waals surface area contributed by atoms with Gasteiger partial charge >= 0.3 is 12.4 Å². The zero-order valence-electron chi connectivity index (χ0n) is 17.7. The number of hydrogen-bond acceptors (Lipinski definition) is 2. The van der Waals surface area contributed by atoms with Crippen molar-refractivity contribution in [3.63, 3.8) is 0 Å². The average Bonchev–Trinajstić information content (AvgIpc) is 2.97. The summed E-state index contributed by atoms with van der Waals surface area (Å²) in [5.74, 6) is -1.19. The minimum atomic E-state index is -4.63. The molecule has 0 bridgehead atoms. The van der Waals surface area contributed by atoms with Crippen LogP contribution in [-0.4, -0.2) is 29.8 Å². The van der Waals surface area contributed by atoms with E-state index >= 15 is 0 Å². The molecule has 3 saturated carbocycles. The highest BCUT2D eigenvalue weighted by atomic mass is 19.4. The van der Waals surface area contributed by atoms with E-state index in [0.29, 0.717) is 51.4 Å². The average molecular weight is 442 g/mol. The fourth-order valence-corrected chi connectivity index (χ4v) is 7.67. The van der Waals surface area contributed by atoms with Crippen molar-refractivity contribution in [1.29, 1.82) is 5.41 Å². The summed E-state index contributed by atoms with van der Waals surface area (Å²) < 4.78 is 79.7. The lowest BCUT2D eigenvalue weighted by Crippen LogP contribution is -2.53. The Labute approximate surface area is 174 Å². The summed E-state index contributed by atoms with van der Waals surface area (Å²) in [6.07, 6.45) is -5.63. The molecule has 0 aromatic carbocycles. The van der Waals surface area contributed by atoms with E-state index in [4.69, 9.17) is 5.41 Å². The van der Waals surface area contributed by atoms with Crippen LogP contribution < -0.4 is 0 Å². The van der Waals surface area contributed by atoms with Crippen molar-refractivity contribution >= 4 is 5.71 Å². The van der Waals surface area contributed by atoms with Crippen molar-refractivity contribution < 1.29 is 31.4 Å². The van der Waals surface area contributed by atoms with Crippen molar-refractivity contribution in [2.24, 2.45) is 40.4 Å². The molecule has 0 heterocycles. The molecular formula is C22H33F6NO. The third-order valence-corrected chi connectivity index (χ3v) is 9.07. The number of rotatable bonds is 5. The molecule has 30 heavy (non-hydrogen) atoms. The highest BCUT2D eigenvalue weighted by Crippen LogP contribution is 2.67. The minimum Gasteiger partial charge on any atom is -0.396 e. The van der Waals surface area contributed by atoms with Crippen LogP contribution in [0.25, 0.3) is 0 Å². The Balaban J connectivity index is 1.88. The molecule has 7 unspecified atom stereocenters. The maximum absolute atomic E-state index is 13.3. The SMILES string of the molecule is CC1(CCCO)C(CC(F)(F)F)CCC2C1CCC1(C)C(C(=N)C(F)(F)F)CCC21. The molecule has 0 aromatic heterocycles. The Kier molecular flexibility index (Phi) is 6.34. The van der Waals surface area contributed by atoms with Gasteiger partial charge in [0.05, 0.1) is 0 Å². The van der Waals surface area contributed by atoms with E-state index in [9.17, 15) is 31.4 Å². The third kappa shape index (κ3) is 4.14. The Hall–Kier alpha value is -0.790. The van der Waals surface area contributed by atoms with Crippen molar-refractivity contribution in [3.05, 3.63) is 0 Å². The maximum atomic E-state index is 13.3. The van der Waals surface area contributed by atoms with Gasteiger partial charge in [0.25, 0.3) is 0 Å². The summed E-state index contributed by atoms with van der Waals surface area (Å²) in [4.78, 5) is 0. The van der Waals surface area contributed by atoms with Gasteiger partial charge in [0, 0.05) is 18.9 Å². The number of aliphatic hydroxyl groups excluding tert-OH is 1. The van der Waals surface area contributed by atoms with Gasteiger partial charge in [-0.15, -0.1) is 0 Å². The molecule has 0 saturated heterocycles. The lowest BCUT2D eigenvalue weighted by Gasteiger charge is -2.59. The predicted molar refractivity (Wildman–Crippen MR) is 102 cm³/mol. The molecule has 174 valence electrons. The summed E-state index contributed by atoms with van der Waals surface area (Å²) in [6, 6.07) is 0. The quantitative estimate of drug-likeness (QED) is 0.359. The first-order valence-corrected chi connectivity index (χ1v) is 11.1. The van der Waals surface area contributed by atoms with Crippen molar-refractivity contribution in [2.45, 2.75) is 84.0 Å². The molecule has 0 amide bonds. The van der Waals surface area contributed by atoms with Crippen molar-refractivity contribution in [2.75, 3.05) is 6.61 Å². The third-order valence-electron chi connectivity index (χ3n) is 9.07. The van der Waals surface area contributed by atoms with Gasteiger partial charge in [-0.1, -0.05) is 13.8 Å². The lowest BCUT2D eigenvalue weighted by atomic mass is 9.46. The van der Waals surface area contributed by atoms with E-state index in [0.717, 1.165) is 0 Å². The Morgan fingerprint density at radius 2 is 1.63 bits per heavy atom.